The van der Waals surface area contributed by atoms with Gasteiger partial charge in [0.1, 0.15) is 5.82 Å². The van der Waals surface area contributed by atoms with Gasteiger partial charge in [-0.3, -0.25) is 4.98 Å². The zero-order valence-electron chi connectivity index (χ0n) is 14.2. The van der Waals surface area contributed by atoms with Crippen molar-refractivity contribution in [1.29, 1.82) is 0 Å². The van der Waals surface area contributed by atoms with Gasteiger partial charge < -0.3 is 9.80 Å². The maximum atomic E-state index is 6.01. The first-order valence-electron chi connectivity index (χ1n) is 8.30. The highest BCUT2D eigenvalue weighted by Crippen LogP contribution is 2.24. The van der Waals surface area contributed by atoms with E-state index in [1.807, 2.05) is 37.4 Å². The van der Waals surface area contributed by atoms with E-state index in [9.17, 15) is 0 Å². The van der Waals surface area contributed by atoms with Crippen LogP contribution < -0.4 is 9.80 Å². The molecule has 3 aromatic rings. The van der Waals surface area contributed by atoms with Crippen molar-refractivity contribution in [2.45, 2.75) is 19.4 Å². The van der Waals surface area contributed by atoms with Crippen LogP contribution >= 0.6 is 11.6 Å². The van der Waals surface area contributed by atoms with E-state index in [1.165, 1.54) is 0 Å². The molecule has 128 valence electrons. The Morgan fingerprint density at radius 3 is 2.88 bits per heavy atom. The average molecular weight is 355 g/mol. The van der Waals surface area contributed by atoms with Gasteiger partial charge in [0.15, 0.2) is 0 Å². The summed E-state index contributed by atoms with van der Waals surface area (Å²) >= 11 is 6.01. The Morgan fingerprint density at radius 2 is 2.04 bits per heavy atom. The Labute approximate surface area is 151 Å². The molecule has 1 aliphatic heterocycles. The van der Waals surface area contributed by atoms with Crippen LogP contribution in [-0.4, -0.2) is 46.1 Å². The monoisotopic (exact) mass is 354 g/mol. The van der Waals surface area contributed by atoms with E-state index in [2.05, 4.69) is 31.8 Å². The third-order valence-corrected chi connectivity index (χ3v) is 4.86. The number of nitrogens with zero attached hydrogens (tertiary/aromatic N) is 6. The molecule has 2 aromatic heterocycles. The van der Waals surface area contributed by atoms with Gasteiger partial charge in [-0.15, -0.1) is 0 Å². The van der Waals surface area contributed by atoms with Gasteiger partial charge in [0.2, 0.25) is 5.95 Å². The standard InChI is InChI=1S/C18H19ClN6/c1-12-5-7-20-18(22-12)24(2)14-6-8-25(11-14)17-10-21-16-9-13(19)3-4-15(16)23-17/h3-5,7,9-10,14H,6,8,11H2,1-2H3. The fourth-order valence-electron chi connectivity index (χ4n) is 3.16. The molecule has 0 spiro atoms. The molecule has 1 fully saturated rings. The first kappa shape index (κ1) is 16.0. The highest BCUT2D eigenvalue weighted by Gasteiger charge is 2.28. The number of likely N-dealkylation sites (N-methyl/N-ethyl adjacent to an activating group) is 1. The van der Waals surface area contributed by atoms with Gasteiger partial charge >= 0.3 is 0 Å². The molecule has 1 aromatic carbocycles. The van der Waals surface area contributed by atoms with Gasteiger partial charge in [-0.25, -0.2) is 15.0 Å². The van der Waals surface area contributed by atoms with E-state index in [1.54, 1.807) is 6.20 Å². The smallest absolute Gasteiger partial charge is 0.225 e. The maximum Gasteiger partial charge on any atom is 0.225 e. The predicted molar refractivity (Wildman–Crippen MR) is 100 cm³/mol. The minimum atomic E-state index is 0.351. The van der Waals surface area contributed by atoms with Crippen LogP contribution in [0.4, 0.5) is 11.8 Å². The van der Waals surface area contributed by atoms with Crippen molar-refractivity contribution in [3.05, 3.63) is 47.4 Å². The molecule has 7 heteroatoms. The summed E-state index contributed by atoms with van der Waals surface area (Å²) in [5.74, 6) is 1.67. The Kier molecular flexibility index (Phi) is 4.13. The number of aryl methyl sites for hydroxylation is 1. The van der Waals surface area contributed by atoms with E-state index in [0.717, 1.165) is 48.0 Å². The number of hydrogen-bond donors (Lipinski definition) is 0. The second-order valence-corrected chi connectivity index (χ2v) is 6.80. The summed E-state index contributed by atoms with van der Waals surface area (Å²) in [6.45, 7) is 3.80. The highest BCUT2D eigenvalue weighted by molar-refractivity contribution is 6.31. The van der Waals surface area contributed by atoms with Crippen LogP contribution in [0, 0.1) is 6.92 Å². The Bertz CT molecular complexity index is 915. The average Bonchev–Trinajstić information content (AvgIpc) is 3.10. The lowest BCUT2D eigenvalue weighted by Crippen LogP contribution is -2.35. The van der Waals surface area contributed by atoms with Gasteiger partial charge in [0.05, 0.1) is 23.3 Å². The molecule has 0 aliphatic carbocycles. The molecule has 0 saturated carbocycles. The largest absolute Gasteiger partial charge is 0.353 e. The van der Waals surface area contributed by atoms with Crippen LogP contribution in [0.15, 0.2) is 36.7 Å². The van der Waals surface area contributed by atoms with E-state index in [4.69, 9.17) is 16.6 Å². The number of anilines is 2. The molecule has 1 unspecified atom stereocenters. The zero-order chi connectivity index (χ0) is 17.4. The summed E-state index contributed by atoms with van der Waals surface area (Å²) in [6.07, 6.45) is 4.67. The maximum absolute atomic E-state index is 6.01. The van der Waals surface area contributed by atoms with Crippen molar-refractivity contribution < 1.29 is 0 Å². The van der Waals surface area contributed by atoms with E-state index in [0.29, 0.717) is 11.1 Å². The molecule has 3 heterocycles. The summed E-state index contributed by atoms with van der Waals surface area (Å²) in [5, 5.41) is 0.676. The third kappa shape index (κ3) is 3.22. The Morgan fingerprint density at radius 1 is 1.16 bits per heavy atom. The third-order valence-electron chi connectivity index (χ3n) is 4.62. The first-order valence-corrected chi connectivity index (χ1v) is 8.68. The zero-order valence-corrected chi connectivity index (χ0v) is 15.0. The van der Waals surface area contributed by atoms with Gasteiger partial charge in [0.25, 0.3) is 0 Å². The van der Waals surface area contributed by atoms with E-state index < -0.39 is 0 Å². The number of benzene rings is 1. The lowest BCUT2D eigenvalue weighted by atomic mass is 10.2. The van der Waals surface area contributed by atoms with Crippen molar-refractivity contribution in [1.82, 2.24) is 19.9 Å². The molecular weight excluding hydrogens is 336 g/mol. The molecule has 1 atom stereocenters. The number of hydrogen-bond acceptors (Lipinski definition) is 6. The van der Waals surface area contributed by atoms with Gasteiger partial charge in [-0.05, 0) is 37.6 Å². The minimum absolute atomic E-state index is 0.351. The van der Waals surface area contributed by atoms with Crippen molar-refractivity contribution in [2.75, 3.05) is 29.9 Å². The fraction of sp³-hybridized carbons (Fsp3) is 0.333. The molecule has 1 saturated heterocycles. The topological polar surface area (TPSA) is 58.0 Å². The molecular formula is C18H19ClN6. The first-order chi connectivity index (χ1) is 12.1. The number of halogens is 1. The molecule has 25 heavy (non-hydrogen) atoms. The molecule has 0 N–H and O–H groups in total. The van der Waals surface area contributed by atoms with Crippen molar-refractivity contribution in [3.8, 4) is 0 Å². The van der Waals surface area contributed by atoms with E-state index in [-0.39, 0.29) is 0 Å². The summed E-state index contributed by atoms with van der Waals surface area (Å²) in [4.78, 5) is 22.6. The van der Waals surface area contributed by atoms with Gasteiger partial charge in [-0.1, -0.05) is 11.6 Å². The Hall–Kier alpha value is -2.47. The van der Waals surface area contributed by atoms with Crippen molar-refractivity contribution >= 4 is 34.4 Å². The molecule has 4 rings (SSSR count). The minimum Gasteiger partial charge on any atom is -0.353 e. The highest BCUT2D eigenvalue weighted by atomic mass is 35.5. The van der Waals surface area contributed by atoms with Crippen molar-refractivity contribution in [3.63, 3.8) is 0 Å². The van der Waals surface area contributed by atoms with Crippen molar-refractivity contribution in [2.24, 2.45) is 0 Å². The second-order valence-electron chi connectivity index (χ2n) is 6.36. The number of fused-ring (bicyclic) bond motifs is 1. The molecule has 6 nitrogen and oxygen atoms in total. The second kappa shape index (κ2) is 6.44. The van der Waals surface area contributed by atoms with Crippen LogP contribution in [0.3, 0.4) is 0 Å². The molecule has 0 radical (unpaired) electrons. The number of rotatable bonds is 3. The van der Waals surface area contributed by atoms with Gasteiger partial charge in [0, 0.05) is 37.1 Å². The lowest BCUT2D eigenvalue weighted by molar-refractivity contribution is 0.672. The van der Waals surface area contributed by atoms with E-state index >= 15 is 0 Å². The van der Waals surface area contributed by atoms with Crippen LogP contribution in [0.5, 0.6) is 0 Å². The summed E-state index contributed by atoms with van der Waals surface area (Å²) in [6, 6.07) is 7.86. The molecule has 0 bridgehead atoms. The molecule has 1 aliphatic rings. The molecule has 0 amide bonds. The fourth-order valence-corrected chi connectivity index (χ4v) is 3.33. The quantitative estimate of drug-likeness (QED) is 0.720. The Balaban J connectivity index is 1.53. The van der Waals surface area contributed by atoms with Crippen LogP contribution in [0.2, 0.25) is 5.02 Å². The summed E-state index contributed by atoms with van der Waals surface area (Å²) in [7, 11) is 2.05. The SMILES string of the molecule is Cc1ccnc(N(C)C2CCN(c3cnc4cc(Cl)ccc4n3)C2)n1. The number of aromatic nitrogens is 4. The van der Waals surface area contributed by atoms with Crippen LogP contribution in [-0.2, 0) is 0 Å². The van der Waals surface area contributed by atoms with Crippen LogP contribution in [0.25, 0.3) is 11.0 Å². The predicted octanol–water partition coefficient (Wildman–Crippen LogP) is 3.10. The normalized spacial score (nSPS) is 17.2. The summed E-state index contributed by atoms with van der Waals surface area (Å²) in [5.41, 5.74) is 2.66. The van der Waals surface area contributed by atoms with Crippen LogP contribution in [0.1, 0.15) is 12.1 Å². The van der Waals surface area contributed by atoms with Gasteiger partial charge in [-0.2, -0.15) is 0 Å². The summed E-state index contributed by atoms with van der Waals surface area (Å²) < 4.78 is 0. The lowest BCUT2D eigenvalue weighted by Gasteiger charge is -2.25.